The van der Waals surface area contributed by atoms with E-state index >= 15 is 0 Å². The van der Waals surface area contributed by atoms with Crippen LogP contribution in [0.1, 0.15) is 24.4 Å². The Morgan fingerprint density at radius 2 is 2.24 bits per heavy atom. The molecule has 0 fully saturated rings. The molecule has 2 rings (SSSR count). The lowest BCUT2D eigenvalue weighted by molar-refractivity contribution is 0.191. The van der Waals surface area contributed by atoms with Crippen LogP contribution in [0.5, 0.6) is 0 Å². The molecule has 0 saturated heterocycles. The van der Waals surface area contributed by atoms with Gasteiger partial charge in [0, 0.05) is 10.5 Å². The molecule has 3 nitrogen and oxygen atoms in total. The highest BCUT2D eigenvalue weighted by atomic mass is 32.2. The van der Waals surface area contributed by atoms with Crippen LogP contribution < -0.4 is 0 Å². The predicted molar refractivity (Wildman–Crippen MR) is 65.8 cm³/mol. The van der Waals surface area contributed by atoms with Crippen LogP contribution in [-0.4, -0.2) is 14.5 Å². The number of aryl methyl sites for hydroxylation is 1. The van der Waals surface area contributed by atoms with E-state index in [-0.39, 0.29) is 0 Å². The van der Waals surface area contributed by atoms with Gasteiger partial charge in [0.15, 0.2) is 4.34 Å². The van der Waals surface area contributed by atoms with Gasteiger partial charge in [0.2, 0.25) is 0 Å². The van der Waals surface area contributed by atoms with Crippen molar-refractivity contribution >= 4 is 23.3 Å². The fourth-order valence-electron chi connectivity index (χ4n) is 1.43. The standard InChI is InChI=1S/C11H11FN2OS2/c1-6(15)10-8(12)4-3-5-9(10)16-11-13-7(2)14-17-11/h3-6,15H,1-2H3. The maximum atomic E-state index is 13.6. The molecule has 1 heterocycles. The molecule has 1 unspecified atom stereocenters. The van der Waals surface area contributed by atoms with Crippen molar-refractivity contribution in [3.8, 4) is 0 Å². The summed E-state index contributed by atoms with van der Waals surface area (Å²) in [5.74, 6) is 0.304. The maximum absolute atomic E-state index is 13.6. The van der Waals surface area contributed by atoms with Crippen molar-refractivity contribution in [2.24, 2.45) is 0 Å². The van der Waals surface area contributed by atoms with E-state index < -0.39 is 11.9 Å². The van der Waals surface area contributed by atoms with Gasteiger partial charge < -0.3 is 5.11 Å². The lowest BCUT2D eigenvalue weighted by Gasteiger charge is -2.10. The van der Waals surface area contributed by atoms with Crippen molar-refractivity contribution < 1.29 is 9.50 Å². The zero-order valence-corrected chi connectivity index (χ0v) is 11.0. The summed E-state index contributed by atoms with van der Waals surface area (Å²) in [6.07, 6.45) is -0.840. The number of benzene rings is 1. The summed E-state index contributed by atoms with van der Waals surface area (Å²) in [6, 6.07) is 4.74. The smallest absolute Gasteiger partial charge is 0.174 e. The largest absolute Gasteiger partial charge is 0.389 e. The first kappa shape index (κ1) is 12.5. The van der Waals surface area contributed by atoms with E-state index in [1.165, 1.54) is 29.4 Å². The summed E-state index contributed by atoms with van der Waals surface area (Å²) in [7, 11) is 0. The van der Waals surface area contributed by atoms with E-state index in [1.54, 1.807) is 19.1 Å². The monoisotopic (exact) mass is 270 g/mol. The molecular formula is C11H11FN2OS2. The Hall–Kier alpha value is -0.980. The molecule has 6 heteroatoms. The van der Waals surface area contributed by atoms with Gasteiger partial charge in [0.25, 0.3) is 0 Å². The molecule has 1 N–H and O–H groups in total. The number of hydrogen-bond acceptors (Lipinski definition) is 5. The number of rotatable bonds is 3. The molecule has 1 aromatic heterocycles. The Morgan fingerprint density at radius 1 is 1.47 bits per heavy atom. The second-order valence-electron chi connectivity index (χ2n) is 3.54. The van der Waals surface area contributed by atoms with Crippen LogP contribution in [-0.2, 0) is 0 Å². The molecule has 0 radical (unpaired) electrons. The van der Waals surface area contributed by atoms with Crippen molar-refractivity contribution in [3.05, 3.63) is 35.4 Å². The first-order chi connectivity index (χ1) is 8.08. The van der Waals surface area contributed by atoms with Crippen LogP contribution in [0.2, 0.25) is 0 Å². The number of aliphatic hydroxyl groups is 1. The molecule has 0 bridgehead atoms. The number of nitrogens with zero attached hydrogens (tertiary/aromatic N) is 2. The fraction of sp³-hybridized carbons (Fsp3) is 0.273. The summed E-state index contributed by atoms with van der Waals surface area (Å²) in [6.45, 7) is 3.36. The number of aliphatic hydroxyl groups excluding tert-OH is 1. The third-order valence-electron chi connectivity index (χ3n) is 2.14. The molecule has 0 aliphatic rings. The highest BCUT2D eigenvalue weighted by Crippen LogP contribution is 2.35. The SMILES string of the molecule is Cc1nsc(Sc2cccc(F)c2C(C)O)n1. The summed E-state index contributed by atoms with van der Waals surface area (Å²) in [5.41, 5.74) is 0.311. The Bertz CT molecular complexity index is 528. The minimum atomic E-state index is -0.840. The van der Waals surface area contributed by atoms with Gasteiger partial charge in [-0.25, -0.2) is 9.37 Å². The van der Waals surface area contributed by atoms with Gasteiger partial charge in [-0.1, -0.05) is 17.8 Å². The number of hydrogen-bond donors (Lipinski definition) is 1. The third-order valence-corrected chi connectivity index (χ3v) is 4.06. The lowest BCUT2D eigenvalue weighted by Crippen LogP contribution is -1.98. The molecule has 0 spiro atoms. The predicted octanol–water partition coefficient (Wildman–Crippen LogP) is 3.19. The first-order valence-electron chi connectivity index (χ1n) is 5.02. The van der Waals surface area contributed by atoms with Crippen molar-refractivity contribution in [1.82, 2.24) is 9.36 Å². The molecular weight excluding hydrogens is 259 g/mol. The molecule has 1 aromatic carbocycles. The topological polar surface area (TPSA) is 46.0 Å². The summed E-state index contributed by atoms with van der Waals surface area (Å²) < 4.78 is 18.4. The van der Waals surface area contributed by atoms with Gasteiger partial charge in [-0.2, -0.15) is 4.37 Å². The zero-order valence-electron chi connectivity index (χ0n) is 9.35. The van der Waals surface area contributed by atoms with E-state index in [2.05, 4.69) is 9.36 Å². The van der Waals surface area contributed by atoms with E-state index in [4.69, 9.17) is 0 Å². The lowest BCUT2D eigenvalue weighted by atomic mass is 10.1. The summed E-state index contributed by atoms with van der Waals surface area (Å²) in [5, 5.41) is 9.58. The fourth-order valence-corrected chi connectivity index (χ4v) is 3.27. The Kier molecular flexibility index (Phi) is 3.76. The van der Waals surface area contributed by atoms with E-state index in [0.29, 0.717) is 16.3 Å². The average molecular weight is 270 g/mol. The maximum Gasteiger partial charge on any atom is 0.174 e. The minimum absolute atomic E-state index is 0.311. The average Bonchev–Trinajstić information content (AvgIpc) is 2.63. The Balaban J connectivity index is 2.35. The van der Waals surface area contributed by atoms with Gasteiger partial charge in [-0.3, -0.25) is 0 Å². The van der Waals surface area contributed by atoms with E-state index in [1.807, 2.05) is 6.92 Å². The van der Waals surface area contributed by atoms with Gasteiger partial charge in [-0.15, -0.1) is 0 Å². The third kappa shape index (κ3) is 2.83. The van der Waals surface area contributed by atoms with Gasteiger partial charge in [-0.05, 0) is 37.5 Å². The summed E-state index contributed by atoms with van der Waals surface area (Å²) in [4.78, 5) is 4.88. The van der Waals surface area contributed by atoms with Crippen LogP contribution >= 0.6 is 23.3 Å². The molecule has 0 amide bonds. The molecule has 0 aliphatic heterocycles. The Labute approximate surface area is 107 Å². The number of halogens is 1. The van der Waals surface area contributed by atoms with Gasteiger partial charge >= 0.3 is 0 Å². The quantitative estimate of drug-likeness (QED) is 0.930. The first-order valence-corrected chi connectivity index (χ1v) is 6.61. The highest BCUT2D eigenvalue weighted by Gasteiger charge is 2.15. The Morgan fingerprint density at radius 3 is 2.82 bits per heavy atom. The highest BCUT2D eigenvalue weighted by molar-refractivity contribution is 8.01. The van der Waals surface area contributed by atoms with E-state index in [9.17, 15) is 9.50 Å². The van der Waals surface area contributed by atoms with Crippen molar-refractivity contribution in [3.63, 3.8) is 0 Å². The summed E-state index contributed by atoms with van der Waals surface area (Å²) >= 11 is 2.59. The van der Waals surface area contributed by atoms with Crippen molar-refractivity contribution in [1.29, 1.82) is 0 Å². The van der Waals surface area contributed by atoms with Crippen LogP contribution in [0.3, 0.4) is 0 Å². The van der Waals surface area contributed by atoms with Crippen LogP contribution in [0.25, 0.3) is 0 Å². The zero-order chi connectivity index (χ0) is 12.4. The van der Waals surface area contributed by atoms with Crippen LogP contribution in [0.4, 0.5) is 4.39 Å². The normalized spacial score (nSPS) is 12.7. The molecule has 90 valence electrons. The second-order valence-corrected chi connectivity index (χ2v) is 5.58. The van der Waals surface area contributed by atoms with Crippen LogP contribution in [0, 0.1) is 12.7 Å². The van der Waals surface area contributed by atoms with E-state index in [0.717, 1.165) is 4.34 Å². The number of aromatic nitrogens is 2. The molecule has 0 aliphatic carbocycles. The van der Waals surface area contributed by atoms with Crippen molar-refractivity contribution in [2.45, 2.75) is 29.2 Å². The van der Waals surface area contributed by atoms with Gasteiger partial charge in [0.05, 0.1) is 6.10 Å². The molecule has 1 atom stereocenters. The van der Waals surface area contributed by atoms with Crippen LogP contribution in [0.15, 0.2) is 27.4 Å². The molecule has 2 aromatic rings. The molecule has 17 heavy (non-hydrogen) atoms. The minimum Gasteiger partial charge on any atom is -0.389 e. The van der Waals surface area contributed by atoms with Gasteiger partial charge in [0.1, 0.15) is 11.6 Å². The second kappa shape index (κ2) is 5.12. The van der Waals surface area contributed by atoms with Crippen molar-refractivity contribution in [2.75, 3.05) is 0 Å². The molecule has 0 saturated carbocycles.